The Balaban J connectivity index is 3.48. The minimum atomic E-state index is -0.0425. The van der Waals surface area contributed by atoms with Crippen LogP contribution in [-0.2, 0) is 0 Å². The minimum absolute atomic E-state index is 0.0425. The van der Waals surface area contributed by atoms with Crippen molar-refractivity contribution in [1.29, 1.82) is 0 Å². The van der Waals surface area contributed by atoms with Gasteiger partial charge in [0, 0.05) is 0 Å². The molecule has 0 rings (SSSR count). The second-order valence-corrected chi connectivity index (χ2v) is 9.59. The first-order valence-corrected chi connectivity index (χ1v) is 8.53. The summed E-state index contributed by atoms with van der Waals surface area (Å²) >= 11 is 0.0774. The zero-order valence-electron chi connectivity index (χ0n) is 10.8. The molecule has 1 unspecified atom stereocenters. The number of rotatable bonds is 8. The first-order valence-electron chi connectivity index (χ1n) is 5.92. The SMILES string of the molecule is CCC(C)(C)CCCC[I-]C(C)(N)CN. The summed E-state index contributed by atoms with van der Waals surface area (Å²) in [6, 6.07) is 0. The third kappa shape index (κ3) is 8.46. The summed E-state index contributed by atoms with van der Waals surface area (Å²) in [4.78, 5) is 0. The number of hydrogen-bond donors (Lipinski definition) is 2. The van der Waals surface area contributed by atoms with Crippen LogP contribution in [0, 0.1) is 5.41 Å². The molecule has 2 nitrogen and oxygen atoms in total. The summed E-state index contributed by atoms with van der Waals surface area (Å²) in [6.07, 6.45) is 5.31. The van der Waals surface area contributed by atoms with Gasteiger partial charge in [-0.1, -0.05) is 0 Å². The van der Waals surface area contributed by atoms with Crippen molar-refractivity contribution < 1.29 is 21.2 Å². The number of unbranched alkanes of at least 4 members (excludes halogenated alkanes) is 1. The molecule has 0 aliphatic carbocycles. The van der Waals surface area contributed by atoms with Crippen molar-refractivity contribution in [3.63, 3.8) is 0 Å². The van der Waals surface area contributed by atoms with Gasteiger partial charge < -0.3 is 0 Å². The van der Waals surface area contributed by atoms with Gasteiger partial charge in [0.05, 0.1) is 0 Å². The molecule has 0 amide bonds. The van der Waals surface area contributed by atoms with E-state index in [-0.39, 0.29) is 24.8 Å². The second kappa shape index (κ2) is 7.07. The van der Waals surface area contributed by atoms with Crippen molar-refractivity contribution in [2.45, 2.75) is 56.9 Å². The fourth-order valence-corrected chi connectivity index (χ4v) is 3.68. The zero-order valence-corrected chi connectivity index (χ0v) is 12.9. The van der Waals surface area contributed by atoms with Crippen molar-refractivity contribution >= 4 is 0 Å². The van der Waals surface area contributed by atoms with E-state index in [4.69, 9.17) is 11.5 Å². The standard InChI is InChI=1S/C12H28IN2/c1-5-11(2,3)8-6-7-9-13-12(4,15)10-14/h5-10,14-15H2,1-4H3/q-1. The fourth-order valence-electron chi connectivity index (χ4n) is 1.21. The van der Waals surface area contributed by atoms with Crippen LogP contribution < -0.4 is 32.7 Å². The molecule has 0 saturated heterocycles. The van der Waals surface area contributed by atoms with Crippen LogP contribution >= 0.6 is 0 Å². The van der Waals surface area contributed by atoms with Crippen molar-refractivity contribution in [3.8, 4) is 0 Å². The Bertz CT molecular complexity index is 149. The summed E-state index contributed by atoms with van der Waals surface area (Å²) in [6.45, 7) is 9.72. The van der Waals surface area contributed by atoms with Crippen LogP contribution in [0.5, 0.6) is 0 Å². The Hall–Kier alpha value is 0.650. The predicted molar refractivity (Wildman–Crippen MR) is 64.4 cm³/mol. The molecular formula is C12H28IN2-. The average Bonchev–Trinajstić information content (AvgIpc) is 2.17. The summed E-state index contributed by atoms with van der Waals surface area (Å²) in [5, 5.41) is 0. The van der Waals surface area contributed by atoms with Gasteiger partial charge in [0.1, 0.15) is 0 Å². The van der Waals surface area contributed by atoms with E-state index >= 15 is 0 Å². The van der Waals surface area contributed by atoms with Gasteiger partial charge in [0.2, 0.25) is 0 Å². The Morgan fingerprint density at radius 2 is 1.73 bits per heavy atom. The molecule has 0 spiro atoms. The Morgan fingerprint density at radius 3 is 2.20 bits per heavy atom. The topological polar surface area (TPSA) is 52.0 Å². The Labute approximate surface area is 106 Å². The van der Waals surface area contributed by atoms with E-state index in [0.717, 1.165) is 0 Å². The van der Waals surface area contributed by atoms with Gasteiger partial charge in [-0.25, -0.2) is 0 Å². The first-order chi connectivity index (χ1) is 6.83. The quantitative estimate of drug-likeness (QED) is 0.269. The van der Waals surface area contributed by atoms with Crippen LogP contribution in [0.3, 0.4) is 0 Å². The van der Waals surface area contributed by atoms with Gasteiger partial charge in [-0.15, -0.1) is 0 Å². The molecule has 1 atom stereocenters. The fraction of sp³-hybridized carbons (Fsp3) is 1.00. The number of hydrogen-bond acceptors (Lipinski definition) is 2. The predicted octanol–water partition coefficient (Wildman–Crippen LogP) is -0.684. The van der Waals surface area contributed by atoms with E-state index in [1.807, 2.05) is 0 Å². The van der Waals surface area contributed by atoms with E-state index in [1.165, 1.54) is 30.1 Å². The van der Waals surface area contributed by atoms with Gasteiger partial charge in [0.25, 0.3) is 0 Å². The van der Waals surface area contributed by atoms with Crippen molar-refractivity contribution in [2.75, 3.05) is 11.0 Å². The third-order valence-electron chi connectivity index (χ3n) is 2.99. The van der Waals surface area contributed by atoms with Crippen LogP contribution in [0.2, 0.25) is 0 Å². The van der Waals surface area contributed by atoms with Crippen LogP contribution in [0.4, 0.5) is 0 Å². The molecule has 0 bridgehead atoms. The van der Waals surface area contributed by atoms with Gasteiger partial charge >= 0.3 is 106 Å². The molecule has 0 heterocycles. The first kappa shape index (κ1) is 15.7. The van der Waals surface area contributed by atoms with E-state index in [9.17, 15) is 0 Å². The molecule has 0 aromatic carbocycles. The van der Waals surface area contributed by atoms with Gasteiger partial charge in [-0.05, 0) is 0 Å². The summed E-state index contributed by atoms with van der Waals surface area (Å²) in [5.41, 5.74) is 12.2. The molecule has 0 aromatic rings. The van der Waals surface area contributed by atoms with Gasteiger partial charge in [-0.2, -0.15) is 0 Å². The molecule has 0 saturated carbocycles. The third-order valence-corrected chi connectivity index (χ3v) is 6.48. The maximum atomic E-state index is 6.03. The molecular weight excluding hydrogens is 299 g/mol. The summed E-state index contributed by atoms with van der Waals surface area (Å²) in [7, 11) is 0. The Morgan fingerprint density at radius 1 is 1.13 bits per heavy atom. The van der Waals surface area contributed by atoms with Crippen molar-refractivity contribution in [2.24, 2.45) is 16.9 Å². The van der Waals surface area contributed by atoms with E-state index in [2.05, 4.69) is 27.7 Å². The molecule has 0 aromatic heterocycles. The number of halogens is 1. The molecule has 0 fully saturated rings. The van der Waals surface area contributed by atoms with Crippen molar-refractivity contribution in [3.05, 3.63) is 0 Å². The van der Waals surface area contributed by atoms with Gasteiger partial charge in [-0.3, -0.25) is 0 Å². The summed E-state index contributed by atoms with van der Waals surface area (Å²) < 4.78 is 1.28. The molecule has 0 radical (unpaired) electrons. The molecule has 15 heavy (non-hydrogen) atoms. The maximum absolute atomic E-state index is 6.03. The summed E-state index contributed by atoms with van der Waals surface area (Å²) in [5.74, 6) is 0. The molecule has 3 heteroatoms. The van der Waals surface area contributed by atoms with E-state index in [0.29, 0.717) is 12.0 Å². The van der Waals surface area contributed by atoms with Crippen LogP contribution in [0.25, 0.3) is 0 Å². The van der Waals surface area contributed by atoms with Crippen LogP contribution in [0.1, 0.15) is 53.4 Å². The van der Waals surface area contributed by atoms with Crippen LogP contribution in [0.15, 0.2) is 0 Å². The van der Waals surface area contributed by atoms with E-state index < -0.39 is 0 Å². The molecule has 0 aliphatic heterocycles. The second-order valence-electron chi connectivity index (χ2n) is 5.28. The normalized spacial score (nSPS) is 16.7. The van der Waals surface area contributed by atoms with Gasteiger partial charge in [0.15, 0.2) is 0 Å². The monoisotopic (exact) mass is 327 g/mol. The number of alkyl halides is 2. The molecule has 0 aliphatic rings. The Kier molecular flexibility index (Phi) is 7.38. The molecule has 94 valence electrons. The number of nitrogens with two attached hydrogens (primary N) is 2. The van der Waals surface area contributed by atoms with E-state index in [1.54, 1.807) is 0 Å². The zero-order chi connectivity index (χ0) is 11.9. The van der Waals surface area contributed by atoms with Crippen LogP contribution in [-0.4, -0.2) is 14.5 Å². The molecule has 4 N–H and O–H groups in total. The average molecular weight is 327 g/mol. The van der Waals surface area contributed by atoms with Crippen molar-refractivity contribution in [1.82, 2.24) is 0 Å².